The Balaban J connectivity index is 2.93. The Morgan fingerprint density at radius 3 is 2.55 bits per heavy atom. The number of hydrogen-bond acceptors (Lipinski definition) is 7. The largest absolute Gasteiger partial charge is 0.467 e. The third-order valence-corrected chi connectivity index (χ3v) is 3.80. The van der Waals surface area contributed by atoms with Crippen LogP contribution in [0.1, 0.15) is 34.1 Å². The minimum atomic E-state index is -1.69. The van der Waals surface area contributed by atoms with Gasteiger partial charge in [0.05, 0.1) is 18.9 Å². The number of carbonyl (C=O) groups is 2. The fourth-order valence-electron chi connectivity index (χ4n) is 2.10. The molecule has 0 spiro atoms. The van der Waals surface area contributed by atoms with Crippen LogP contribution in [-0.2, 0) is 19.2 Å². The summed E-state index contributed by atoms with van der Waals surface area (Å²) in [4.78, 5) is 29.3. The van der Waals surface area contributed by atoms with Crippen molar-refractivity contribution in [3.05, 3.63) is 0 Å². The summed E-state index contributed by atoms with van der Waals surface area (Å²) in [6.45, 7) is 6.71. The molecule has 0 aromatic rings. The Morgan fingerprint density at radius 2 is 2.14 bits per heavy atom. The molecule has 0 saturated heterocycles. The molecule has 1 amide bonds. The van der Waals surface area contributed by atoms with E-state index in [1.54, 1.807) is 20.8 Å². The van der Waals surface area contributed by atoms with Crippen molar-refractivity contribution in [3.63, 3.8) is 0 Å². The lowest BCUT2D eigenvalue weighted by Gasteiger charge is -2.35. The van der Waals surface area contributed by atoms with Gasteiger partial charge in [-0.15, -0.1) is 0 Å². The van der Waals surface area contributed by atoms with Crippen molar-refractivity contribution in [1.82, 2.24) is 5.32 Å². The van der Waals surface area contributed by atoms with Gasteiger partial charge in [0, 0.05) is 6.42 Å². The number of ether oxygens (including phenoxy) is 1. The number of carbonyl (C=O) groups excluding carboxylic acids is 2. The zero-order chi connectivity index (χ0) is 17.1. The molecule has 0 saturated carbocycles. The smallest absolute Gasteiger partial charge is 0.331 e. The molecule has 8 heteroatoms. The maximum Gasteiger partial charge on any atom is 0.331 e. The quantitative estimate of drug-likeness (QED) is 0.570. The number of hydrogen-bond donors (Lipinski definition) is 3. The lowest BCUT2D eigenvalue weighted by atomic mass is 9.87. The summed E-state index contributed by atoms with van der Waals surface area (Å²) in [6, 6.07) is -2.11. The number of nitrogens with one attached hydrogen (secondary N) is 1. The van der Waals surface area contributed by atoms with Crippen LogP contribution in [0.25, 0.3) is 0 Å². The summed E-state index contributed by atoms with van der Waals surface area (Å²) < 4.78 is 4.68. The molecule has 0 aromatic heterocycles. The Hall–Kier alpha value is -1.67. The number of amides is 1. The van der Waals surface area contributed by atoms with Crippen molar-refractivity contribution in [2.45, 2.75) is 57.9 Å². The molecular weight excluding hydrogens is 290 g/mol. The Kier molecular flexibility index (Phi) is 5.90. The predicted molar refractivity (Wildman–Crippen MR) is 80.0 cm³/mol. The van der Waals surface area contributed by atoms with Crippen molar-refractivity contribution in [2.75, 3.05) is 7.11 Å². The van der Waals surface area contributed by atoms with Crippen LogP contribution >= 0.6 is 0 Å². The van der Waals surface area contributed by atoms with Crippen molar-refractivity contribution < 1.29 is 24.3 Å². The van der Waals surface area contributed by atoms with Gasteiger partial charge in [-0.3, -0.25) is 4.79 Å². The molecule has 4 atom stereocenters. The summed E-state index contributed by atoms with van der Waals surface area (Å²) in [5.74, 6) is -1.43. The predicted octanol–water partition coefficient (Wildman–Crippen LogP) is -0.457. The van der Waals surface area contributed by atoms with Gasteiger partial charge in [-0.2, -0.15) is 0 Å². The first-order valence-electron chi connectivity index (χ1n) is 7.16. The van der Waals surface area contributed by atoms with Gasteiger partial charge in [-0.05, 0) is 19.8 Å². The summed E-state index contributed by atoms with van der Waals surface area (Å²) in [5, 5.41) is 16.9. The van der Waals surface area contributed by atoms with Gasteiger partial charge in [0.15, 0.2) is 12.1 Å². The van der Waals surface area contributed by atoms with Crippen molar-refractivity contribution >= 4 is 17.6 Å². The van der Waals surface area contributed by atoms with E-state index in [1.807, 2.05) is 0 Å². The van der Waals surface area contributed by atoms with Crippen LogP contribution in [0.15, 0.2) is 5.16 Å². The Bertz CT molecular complexity index is 461. The standard InChI is InChI=1S/C14H25N3O5/c1-7(2)10(15)12(18)16-11(13(19)21-5)14(4,20)9-6-8(3)17-22-9/h7,9-11,20H,6,15H2,1-5H3,(H,16,18)/t9-,10+,11+,14+/m0/s1. The van der Waals surface area contributed by atoms with E-state index in [0.29, 0.717) is 12.1 Å². The van der Waals surface area contributed by atoms with Gasteiger partial charge < -0.3 is 25.7 Å². The molecule has 1 heterocycles. The van der Waals surface area contributed by atoms with Gasteiger partial charge in [0.1, 0.15) is 5.60 Å². The van der Waals surface area contributed by atoms with Crippen LogP contribution in [0.4, 0.5) is 0 Å². The van der Waals surface area contributed by atoms with Crippen LogP contribution < -0.4 is 11.1 Å². The first kappa shape index (κ1) is 18.4. The summed E-state index contributed by atoms with van der Waals surface area (Å²) >= 11 is 0. The molecule has 0 aliphatic carbocycles. The van der Waals surface area contributed by atoms with Gasteiger partial charge in [0.25, 0.3) is 0 Å². The van der Waals surface area contributed by atoms with Crippen LogP contribution in [0.5, 0.6) is 0 Å². The zero-order valence-electron chi connectivity index (χ0n) is 13.6. The molecule has 0 aromatic carbocycles. The van der Waals surface area contributed by atoms with E-state index in [1.165, 1.54) is 14.0 Å². The SMILES string of the molecule is COC(=O)[C@@H](NC(=O)[C@H](N)C(C)C)[C@](C)(O)[C@@H]1CC(C)=NO1. The third kappa shape index (κ3) is 3.95. The van der Waals surface area contributed by atoms with Gasteiger partial charge in [-0.25, -0.2) is 4.79 Å². The molecular formula is C14H25N3O5. The lowest BCUT2D eigenvalue weighted by Crippen LogP contribution is -2.63. The van der Waals surface area contributed by atoms with Crippen LogP contribution in [0.3, 0.4) is 0 Å². The second kappa shape index (κ2) is 7.06. The van der Waals surface area contributed by atoms with E-state index in [4.69, 9.17) is 10.6 Å². The summed E-state index contributed by atoms with van der Waals surface area (Å²) in [6.07, 6.45) is -0.403. The third-order valence-electron chi connectivity index (χ3n) is 3.80. The van der Waals surface area contributed by atoms with Crippen LogP contribution in [0.2, 0.25) is 0 Å². The monoisotopic (exact) mass is 315 g/mol. The number of rotatable bonds is 6. The molecule has 0 fully saturated rings. The molecule has 4 N–H and O–H groups in total. The fourth-order valence-corrected chi connectivity index (χ4v) is 2.10. The second-order valence-electron chi connectivity index (χ2n) is 6.09. The molecule has 1 rings (SSSR count). The second-order valence-corrected chi connectivity index (χ2v) is 6.09. The average Bonchev–Trinajstić information content (AvgIpc) is 2.89. The Morgan fingerprint density at radius 1 is 1.55 bits per heavy atom. The molecule has 8 nitrogen and oxygen atoms in total. The highest BCUT2D eigenvalue weighted by molar-refractivity contribution is 5.89. The Labute approximate surface area is 130 Å². The highest BCUT2D eigenvalue weighted by Gasteiger charge is 2.49. The maximum atomic E-state index is 12.1. The van der Waals surface area contributed by atoms with Crippen LogP contribution in [-0.4, -0.2) is 53.6 Å². The van der Waals surface area contributed by atoms with E-state index in [9.17, 15) is 14.7 Å². The van der Waals surface area contributed by atoms with Crippen LogP contribution in [0, 0.1) is 5.92 Å². The van der Waals surface area contributed by atoms with Crippen molar-refractivity contribution in [1.29, 1.82) is 0 Å². The molecule has 0 bridgehead atoms. The number of nitrogens with two attached hydrogens (primary N) is 1. The number of methoxy groups -OCH3 is 1. The number of nitrogens with zero attached hydrogens (tertiary/aromatic N) is 1. The molecule has 0 unspecified atom stereocenters. The minimum absolute atomic E-state index is 0.114. The highest BCUT2D eigenvalue weighted by atomic mass is 16.7. The molecule has 1 aliphatic rings. The molecule has 126 valence electrons. The minimum Gasteiger partial charge on any atom is -0.467 e. The normalized spacial score (nSPS) is 23.1. The van der Waals surface area contributed by atoms with E-state index in [2.05, 4.69) is 15.2 Å². The van der Waals surface area contributed by atoms with Gasteiger partial charge in [-0.1, -0.05) is 19.0 Å². The average molecular weight is 315 g/mol. The number of oxime groups is 1. The van der Waals surface area contributed by atoms with E-state index in [-0.39, 0.29) is 5.92 Å². The highest BCUT2D eigenvalue weighted by Crippen LogP contribution is 2.26. The first-order chi connectivity index (χ1) is 10.1. The number of esters is 1. The zero-order valence-corrected chi connectivity index (χ0v) is 13.6. The number of aliphatic hydroxyl groups is 1. The first-order valence-corrected chi connectivity index (χ1v) is 7.16. The summed E-state index contributed by atoms with van der Waals surface area (Å²) in [7, 11) is 1.18. The topological polar surface area (TPSA) is 123 Å². The van der Waals surface area contributed by atoms with Crippen molar-refractivity contribution in [3.8, 4) is 0 Å². The van der Waals surface area contributed by atoms with E-state index >= 15 is 0 Å². The van der Waals surface area contributed by atoms with Gasteiger partial charge in [0.2, 0.25) is 5.91 Å². The lowest BCUT2D eigenvalue weighted by molar-refractivity contribution is -0.162. The molecule has 0 radical (unpaired) electrons. The van der Waals surface area contributed by atoms with Crippen molar-refractivity contribution in [2.24, 2.45) is 16.8 Å². The molecule has 1 aliphatic heterocycles. The van der Waals surface area contributed by atoms with E-state index < -0.39 is 35.7 Å². The molecule has 22 heavy (non-hydrogen) atoms. The summed E-state index contributed by atoms with van der Waals surface area (Å²) in [5.41, 5.74) is 4.77. The van der Waals surface area contributed by atoms with Gasteiger partial charge >= 0.3 is 5.97 Å². The fraction of sp³-hybridized carbons (Fsp3) is 0.786. The van der Waals surface area contributed by atoms with E-state index in [0.717, 1.165) is 0 Å². The maximum absolute atomic E-state index is 12.1.